The van der Waals surface area contributed by atoms with Gasteiger partial charge in [-0.25, -0.2) is 0 Å². The van der Waals surface area contributed by atoms with Crippen molar-refractivity contribution in [2.45, 2.75) is 65.0 Å². The molecule has 1 N–H and O–H groups in total. The van der Waals surface area contributed by atoms with Gasteiger partial charge in [-0.3, -0.25) is 0 Å². The number of hydrogen-bond acceptors (Lipinski definition) is 2. The first-order valence-electron chi connectivity index (χ1n) is 6.88. The van der Waals surface area contributed by atoms with Crippen molar-refractivity contribution >= 4 is 0 Å². The molecular formula is C14H27NO. The lowest BCUT2D eigenvalue weighted by Crippen LogP contribution is -2.47. The minimum absolute atomic E-state index is 0.0368. The molecule has 2 fully saturated rings. The highest BCUT2D eigenvalue weighted by atomic mass is 16.3. The topological polar surface area (TPSA) is 23.5 Å². The van der Waals surface area contributed by atoms with E-state index in [-0.39, 0.29) is 6.10 Å². The lowest BCUT2D eigenvalue weighted by molar-refractivity contribution is 0.0186. The van der Waals surface area contributed by atoms with Crippen molar-refractivity contribution in [3.63, 3.8) is 0 Å². The summed E-state index contributed by atoms with van der Waals surface area (Å²) < 4.78 is 0. The molecule has 2 heteroatoms. The average molecular weight is 225 g/mol. The van der Waals surface area contributed by atoms with Crippen molar-refractivity contribution in [2.75, 3.05) is 13.1 Å². The molecule has 0 spiro atoms. The summed E-state index contributed by atoms with van der Waals surface area (Å²) in [7, 11) is 0. The molecule has 2 aliphatic rings. The summed E-state index contributed by atoms with van der Waals surface area (Å²) in [5.74, 6) is 0.862. The second-order valence-corrected chi connectivity index (χ2v) is 6.83. The molecule has 0 aromatic heterocycles. The molecule has 1 aliphatic carbocycles. The molecule has 16 heavy (non-hydrogen) atoms. The molecular weight excluding hydrogens is 198 g/mol. The molecule has 1 heterocycles. The zero-order valence-electron chi connectivity index (χ0n) is 11.1. The summed E-state index contributed by atoms with van der Waals surface area (Å²) in [4.78, 5) is 2.63. The summed E-state index contributed by atoms with van der Waals surface area (Å²) >= 11 is 0. The van der Waals surface area contributed by atoms with Crippen molar-refractivity contribution in [3.05, 3.63) is 0 Å². The maximum atomic E-state index is 9.55. The van der Waals surface area contributed by atoms with Gasteiger partial charge < -0.3 is 10.0 Å². The summed E-state index contributed by atoms with van der Waals surface area (Å²) in [6.07, 6.45) is 5.99. The summed E-state index contributed by atoms with van der Waals surface area (Å²) in [6, 6.07) is 0.770. The Labute approximate surface area is 100 Å². The third-order valence-electron chi connectivity index (χ3n) is 4.38. The van der Waals surface area contributed by atoms with Gasteiger partial charge in [0.25, 0.3) is 0 Å². The van der Waals surface area contributed by atoms with Crippen molar-refractivity contribution in [3.8, 4) is 0 Å². The van der Waals surface area contributed by atoms with Crippen LogP contribution in [0.5, 0.6) is 0 Å². The SMILES string of the molecule is C[C@@H]1C[C@@H](N2CCC(O)CC2)CC(C)(C)C1. The molecule has 0 radical (unpaired) electrons. The van der Waals surface area contributed by atoms with Gasteiger partial charge in [-0.15, -0.1) is 0 Å². The van der Waals surface area contributed by atoms with Gasteiger partial charge >= 0.3 is 0 Å². The number of nitrogens with zero attached hydrogens (tertiary/aromatic N) is 1. The highest BCUT2D eigenvalue weighted by Gasteiger charge is 2.35. The van der Waals surface area contributed by atoms with E-state index in [2.05, 4.69) is 25.7 Å². The van der Waals surface area contributed by atoms with Gasteiger partial charge in [0.2, 0.25) is 0 Å². The number of rotatable bonds is 1. The molecule has 2 atom stereocenters. The zero-order valence-corrected chi connectivity index (χ0v) is 11.1. The monoisotopic (exact) mass is 225 g/mol. The Balaban J connectivity index is 1.93. The lowest BCUT2D eigenvalue weighted by Gasteiger charge is -2.45. The van der Waals surface area contributed by atoms with E-state index in [9.17, 15) is 5.11 Å². The van der Waals surface area contributed by atoms with Crippen LogP contribution in [0.1, 0.15) is 52.9 Å². The Hall–Kier alpha value is -0.0800. The van der Waals surface area contributed by atoms with Gasteiger partial charge in [-0.1, -0.05) is 20.8 Å². The van der Waals surface area contributed by atoms with E-state index in [1.165, 1.54) is 19.3 Å². The third-order valence-corrected chi connectivity index (χ3v) is 4.38. The number of aliphatic hydroxyl groups is 1. The van der Waals surface area contributed by atoms with E-state index >= 15 is 0 Å². The highest BCUT2D eigenvalue weighted by Crippen LogP contribution is 2.40. The fourth-order valence-electron chi connectivity index (χ4n) is 3.82. The number of aliphatic hydroxyl groups excluding tert-OH is 1. The van der Waals surface area contributed by atoms with Gasteiger partial charge in [-0.2, -0.15) is 0 Å². The van der Waals surface area contributed by atoms with Crippen molar-refractivity contribution in [1.82, 2.24) is 4.90 Å². The molecule has 0 amide bonds. The predicted molar refractivity (Wildman–Crippen MR) is 67.4 cm³/mol. The standard InChI is InChI=1S/C14H27NO/c1-11-8-12(10-14(2,3)9-11)15-6-4-13(16)5-7-15/h11-13,16H,4-10H2,1-3H3/t11-,12-/m1/s1. The molecule has 0 bridgehead atoms. The van der Waals surface area contributed by atoms with Crippen LogP contribution < -0.4 is 0 Å². The Bertz CT molecular complexity index is 231. The first kappa shape index (κ1) is 12.4. The minimum Gasteiger partial charge on any atom is -0.393 e. The van der Waals surface area contributed by atoms with Gasteiger partial charge in [-0.05, 0) is 43.4 Å². The largest absolute Gasteiger partial charge is 0.393 e. The van der Waals surface area contributed by atoms with Gasteiger partial charge in [0.15, 0.2) is 0 Å². The molecule has 0 aromatic rings. The molecule has 1 aliphatic heterocycles. The van der Waals surface area contributed by atoms with Crippen LogP contribution in [0.2, 0.25) is 0 Å². The van der Waals surface area contributed by atoms with Gasteiger partial charge in [0, 0.05) is 19.1 Å². The fraction of sp³-hybridized carbons (Fsp3) is 1.00. The maximum absolute atomic E-state index is 9.55. The fourth-order valence-corrected chi connectivity index (χ4v) is 3.82. The molecule has 2 rings (SSSR count). The van der Waals surface area contributed by atoms with Crippen LogP contribution in [0.25, 0.3) is 0 Å². The molecule has 0 aromatic carbocycles. The quantitative estimate of drug-likeness (QED) is 0.741. The Kier molecular flexibility index (Phi) is 3.60. The third kappa shape index (κ3) is 2.98. The smallest absolute Gasteiger partial charge is 0.0564 e. The molecule has 94 valence electrons. The first-order chi connectivity index (χ1) is 7.46. The van der Waals surface area contributed by atoms with E-state index < -0.39 is 0 Å². The predicted octanol–water partition coefficient (Wildman–Crippen LogP) is 2.66. The second kappa shape index (κ2) is 4.66. The molecule has 2 nitrogen and oxygen atoms in total. The molecule has 1 saturated carbocycles. The Morgan fingerprint density at radius 1 is 1.12 bits per heavy atom. The van der Waals surface area contributed by atoms with E-state index in [0.717, 1.165) is 37.9 Å². The van der Waals surface area contributed by atoms with Crippen LogP contribution in [0.4, 0.5) is 0 Å². The summed E-state index contributed by atoms with van der Waals surface area (Å²) in [6.45, 7) is 9.43. The van der Waals surface area contributed by atoms with E-state index in [1.54, 1.807) is 0 Å². The highest BCUT2D eigenvalue weighted by molar-refractivity contribution is 4.89. The Morgan fingerprint density at radius 3 is 2.31 bits per heavy atom. The van der Waals surface area contributed by atoms with Crippen LogP contribution in [0, 0.1) is 11.3 Å². The minimum atomic E-state index is -0.0368. The summed E-state index contributed by atoms with van der Waals surface area (Å²) in [5.41, 5.74) is 0.512. The lowest BCUT2D eigenvalue weighted by atomic mass is 9.70. The van der Waals surface area contributed by atoms with Crippen LogP contribution in [0.15, 0.2) is 0 Å². The molecule has 1 saturated heterocycles. The van der Waals surface area contributed by atoms with Crippen molar-refractivity contribution in [1.29, 1.82) is 0 Å². The number of likely N-dealkylation sites (tertiary alicyclic amines) is 1. The normalized spacial score (nSPS) is 37.5. The number of hydrogen-bond donors (Lipinski definition) is 1. The van der Waals surface area contributed by atoms with Crippen LogP contribution in [0.3, 0.4) is 0 Å². The van der Waals surface area contributed by atoms with Crippen molar-refractivity contribution in [2.24, 2.45) is 11.3 Å². The van der Waals surface area contributed by atoms with Crippen molar-refractivity contribution < 1.29 is 5.11 Å². The van der Waals surface area contributed by atoms with Crippen LogP contribution >= 0.6 is 0 Å². The molecule has 0 unspecified atom stereocenters. The van der Waals surface area contributed by atoms with Gasteiger partial charge in [0.05, 0.1) is 6.10 Å². The van der Waals surface area contributed by atoms with Crippen LogP contribution in [-0.2, 0) is 0 Å². The number of piperidine rings is 1. The average Bonchev–Trinajstić information content (AvgIpc) is 2.15. The van der Waals surface area contributed by atoms with Gasteiger partial charge in [0.1, 0.15) is 0 Å². The van der Waals surface area contributed by atoms with Crippen LogP contribution in [-0.4, -0.2) is 35.2 Å². The summed E-state index contributed by atoms with van der Waals surface area (Å²) in [5, 5.41) is 9.55. The zero-order chi connectivity index (χ0) is 11.8. The first-order valence-corrected chi connectivity index (χ1v) is 6.88. The van der Waals surface area contributed by atoms with E-state index in [1.807, 2.05) is 0 Å². The maximum Gasteiger partial charge on any atom is 0.0564 e. The Morgan fingerprint density at radius 2 is 1.75 bits per heavy atom. The van der Waals surface area contributed by atoms with E-state index in [0.29, 0.717) is 5.41 Å². The van der Waals surface area contributed by atoms with E-state index in [4.69, 9.17) is 0 Å². The second-order valence-electron chi connectivity index (χ2n) is 6.83.